The van der Waals surface area contributed by atoms with Crippen LogP contribution in [0.25, 0.3) is 11.7 Å². The molecule has 32 heavy (non-hydrogen) atoms. The summed E-state index contributed by atoms with van der Waals surface area (Å²) in [4.78, 5) is 46.7. The second kappa shape index (κ2) is 9.41. The molecular weight excluding hydrogens is 446 g/mol. The van der Waals surface area contributed by atoms with E-state index in [1.165, 1.54) is 16.2 Å². The molecule has 0 aromatic carbocycles. The molecule has 0 spiro atoms. The third-order valence-electron chi connectivity index (χ3n) is 5.83. The highest BCUT2D eigenvalue weighted by molar-refractivity contribution is 8.26. The first kappa shape index (κ1) is 22.5. The zero-order valence-electron chi connectivity index (χ0n) is 17.8. The number of aromatic nitrogens is 2. The molecule has 0 unspecified atom stereocenters. The maximum absolute atomic E-state index is 13.4. The molecule has 2 aromatic rings. The SMILES string of the molecule is CCCCN1C(=O)/C(=C/c2c(N3CCC(C(N)=O)CC3)nc3ccccn3c2=O)SC1=S. The van der Waals surface area contributed by atoms with Gasteiger partial charge < -0.3 is 10.6 Å². The first-order chi connectivity index (χ1) is 15.4. The largest absolute Gasteiger partial charge is 0.369 e. The summed E-state index contributed by atoms with van der Waals surface area (Å²) in [6.07, 6.45) is 6.30. The number of carbonyl (C=O) groups excluding carboxylic acids is 2. The summed E-state index contributed by atoms with van der Waals surface area (Å²) < 4.78 is 1.98. The number of thiocarbonyl (C=S) groups is 1. The Hall–Kier alpha value is -2.72. The second-order valence-corrected chi connectivity index (χ2v) is 9.61. The van der Waals surface area contributed by atoms with Gasteiger partial charge in [0, 0.05) is 31.7 Å². The monoisotopic (exact) mass is 471 g/mol. The van der Waals surface area contributed by atoms with Crippen LogP contribution in [0.3, 0.4) is 0 Å². The number of hydrogen-bond donors (Lipinski definition) is 1. The summed E-state index contributed by atoms with van der Waals surface area (Å²) in [7, 11) is 0. The number of carbonyl (C=O) groups is 2. The number of nitrogens with zero attached hydrogens (tertiary/aromatic N) is 4. The fourth-order valence-corrected chi connectivity index (χ4v) is 5.26. The van der Waals surface area contributed by atoms with Crippen LogP contribution in [0.2, 0.25) is 0 Å². The Labute approximate surface area is 195 Å². The quantitative estimate of drug-likeness (QED) is 0.510. The Morgan fingerprint density at radius 2 is 2.06 bits per heavy atom. The molecule has 0 aliphatic carbocycles. The number of amides is 2. The van der Waals surface area contributed by atoms with Crippen molar-refractivity contribution in [1.29, 1.82) is 0 Å². The van der Waals surface area contributed by atoms with Gasteiger partial charge in [0.2, 0.25) is 5.91 Å². The van der Waals surface area contributed by atoms with Crippen LogP contribution >= 0.6 is 24.0 Å². The molecule has 2 fully saturated rings. The van der Waals surface area contributed by atoms with E-state index in [4.69, 9.17) is 22.9 Å². The van der Waals surface area contributed by atoms with Crippen molar-refractivity contribution in [1.82, 2.24) is 14.3 Å². The lowest BCUT2D eigenvalue weighted by Crippen LogP contribution is -2.40. The molecule has 0 atom stereocenters. The zero-order valence-corrected chi connectivity index (χ0v) is 19.5. The van der Waals surface area contributed by atoms with Crippen LogP contribution < -0.4 is 16.2 Å². The fourth-order valence-electron chi connectivity index (χ4n) is 3.97. The van der Waals surface area contributed by atoms with Gasteiger partial charge in [-0.1, -0.05) is 43.4 Å². The number of thioether (sulfide) groups is 1. The third-order valence-corrected chi connectivity index (χ3v) is 7.21. The zero-order chi connectivity index (χ0) is 22.8. The summed E-state index contributed by atoms with van der Waals surface area (Å²) in [6.45, 7) is 3.74. The lowest BCUT2D eigenvalue weighted by Gasteiger charge is -2.32. The number of fused-ring (bicyclic) bond motifs is 1. The highest BCUT2D eigenvalue weighted by atomic mass is 32.2. The van der Waals surface area contributed by atoms with E-state index in [1.807, 2.05) is 11.0 Å². The van der Waals surface area contributed by atoms with Crippen LogP contribution in [-0.4, -0.2) is 50.1 Å². The number of nitrogens with two attached hydrogens (primary N) is 1. The Morgan fingerprint density at radius 3 is 2.75 bits per heavy atom. The van der Waals surface area contributed by atoms with E-state index in [0.717, 1.165) is 12.8 Å². The molecule has 2 N–H and O–H groups in total. The van der Waals surface area contributed by atoms with Crippen LogP contribution in [0.15, 0.2) is 34.1 Å². The van der Waals surface area contributed by atoms with Gasteiger partial charge in [0.1, 0.15) is 15.8 Å². The van der Waals surface area contributed by atoms with Crippen LogP contribution in [0.4, 0.5) is 5.82 Å². The third kappa shape index (κ3) is 4.29. The lowest BCUT2D eigenvalue weighted by atomic mass is 9.96. The summed E-state index contributed by atoms with van der Waals surface area (Å²) in [6, 6.07) is 5.36. The molecule has 2 saturated heterocycles. The van der Waals surface area contributed by atoms with E-state index in [-0.39, 0.29) is 23.3 Å². The Kier molecular flexibility index (Phi) is 6.61. The number of pyridine rings is 1. The number of rotatable bonds is 6. The number of primary amides is 1. The Morgan fingerprint density at radius 1 is 1.31 bits per heavy atom. The minimum atomic E-state index is -0.299. The minimum Gasteiger partial charge on any atom is -0.369 e. The molecule has 0 saturated carbocycles. The van der Waals surface area contributed by atoms with Crippen molar-refractivity contribution in [2.75, 3.05) is 24.5 Å². The highest BCUT2D eigenvalue weighted by Crippen LogP contribution is 2.34. The van der Waals surface area contributed by atoms with E-state index in [1.54, 1.807) is 29.3 Å². The number of anilines is 1. The van der Waals surface area contributed by atoms with E-state index in [2.05, 4.69) is 6.92 Å². The van der Waals surface area contributed by atoms with Crippen molar-refractivity contribution < 1.29 is 9.59 Å². The Bertz CT molecular complexity index is 1170. The number of hydrogen-bond acceptors (Lipinski definition) is 7. The molecule has 0 radical (unpaired) electrons. The minimum absolute atomic E-state index is 0.175. The van der Waals surface area contributed by atoms with E-state index < -0.39 is 0 Å². The maximum Gasteiger partial charge on any atom is 0.267 e. The smallest absolute Gasteiger partial charge is 0.267 e. The first-order valence-electron chi connectivity index (χ1n) is 10.7. The summed E-state index contributed by atoms with van der Waals surface area (Å²) in [5.41, 5.74) is 6.10. The van der Waals surface area contributed by atoms with Crippen molar-refractivity contribution in [2.24, 2.45) is 11.7 Å². The van der Waals surface area contributed by atoms with Crippen molar-refractivity contribution in [2.45, 2.75) is 32.6 Å². The standard InChI is InChI=1S/C22H25N5O3S2/c1-2-3-9-27-21(30)16(32-22(27)31)13-15-19(25-11-7-14(8-12-25)18(23)28)24-17-6-4-5-10-26(17)20(15)29/h4-6,10,13-14H,2-3,7-9,11-12H2,1H3,(H2,23,28)/b16-13-. The van der Waals surface area contributed by atoms with E-state index in [0.29, 0.717) is 58.7 Å². The van der Waals surface area contributed by atoms with Gasteiger partial charge >= 0.3 is 0 Å². The van der Waals surface area contributed by atoms with Gasteiger partial charge in [-0.25, -0.2) is 4.98 Å². The van der Waals surface area contributed by atoms with Crippen molar-refractivity contribution in [3.8, 4) is 0 Å². The highest BCUT2D eigenvalue weighted by Gasteiger charge is 2.33. The van der Waals surface area contributed by atoms with Gasteiger partial charge in [-0.05, 0) is 37.5 Å². The van der Waals surface area contributed by atoms with Gasteiger partial charge in [-0.3, -0.25) is 23.7 Å². The molecule has 2 amide bonds. The summed E-state index contributed by atoms with van der Waals surface area (Å²) >= 11 is 6.62. The van der Waals surface area contributed by atoms with Crippen molar-refractivity contribution >= 4 is 57.7 Å². The normalized spacial score (nSPS) is 18.8. The van der Waals surface area contributed by atoms with Crippen LogP contribution in [0, 0.1) is 5.92 Å². The molecule has 168 valence electrons. The molecular formula is C22H25N5O3S2. The van der Waals surface area contributed by atoms with Crippen LogP contribution in [0.5, 0.6) is 0 Å². The molecule has 10 heteroatoms. The van der Waals surface area contributed by atoms with Gasteiger partial charge in [-0.2, -0.15) is 0 Å². The Balaban J connectivity index is 1.76. The summed E-state index contributed by atoms with van der Waals surface area (Å²) in [5.74, 6) is -0.134. The van der Waals surface area contributed by atoms with Crippen molar-refractivity contribution in [3.05, 3.63) is 45.2 Å². The first-order valence-corrected chi connectivity index (χ1v) is 11.9. The molecule has 0 bridgehead atoms. The topological polar surface area (TPSA) is 101 Å². The molecule has 4 rings (SSSR count). The van der Waals surface area contributed by atoms with Crippen LogP contribution in [0.1, 0.15) is 38.2 Å². The average molecular weight is 472 g/mol. The molecule has 2 aliphatic rings. The molecule has 8 nitrogen and oxygen atoms in total. The van der Waals surface area contributed by atoms with Gasteiger partial charge in [0.15, 0.2) is 0 Å². The predicted molar refractivity (Wildman–Crippen MR) is 130 cm³/mol. The molecule has 2 aromatic heterocycles. The predicted octanol–water partition coefficient (Wildman–Crippen LogP) is 2.40. The van der Waals surface area contributed by atoms with E-state index in [9.17, 15) is 14.4 Å². The maximum atomic E-state index is 13.4. The fraction of sp³-hybridized carbons (Fsp3) is 0.409. The van der Waals surface area contributed by atoms with E-state index >= 15 is 0 Å². The molecule has 2 aliphatic heterocycles. The number of piperidine rings is 1. The second-order valence-electron chi connectivity index (χ2n) is 7.93. The number of unbranched alkanes of at least 4 members (excludes halogenated alkanes) is 1. The molecule has 4 heterocycles. The van der Waals surface area contributed by atoms with Gasteiger partial charge in [0.05, 0.1) is 10.5 Å². The van der Waals surface area contributed by atoms with Gasteiger partial charge in [0.25, 0.3) is 11.5 Å². The average Bonchev–Trinajstić information content (AvgIpc) is 3.06. The van der Waals surface area contributed by atoms with Crippen molar-refractivity contribution in [3.63, 3.8) is 0 Å². The lowest BCUT2D eigenvalue weighted by molar-refractivity contribution is -0.123. The summed E-state index contributed by atoms with van der Waals surface area (Å²) in [5, 5.41) is 0. The van der Waals surface area contributed by atoms with Gasteiger partial charge in [-0.15, -0.1) is 0 Å². The van der Waals surface area contributed by atoms with Crippen LogP contribution in [-0.2, 0) is 9.59 Å².